The predicted molar refractivity (Wildman–Crippen MR) is 105 cm³/mol. The first-order valence-electron chi connectivity index (χ1n) is 9.09. The number of carbonyl (C=O) groups is 1. The van der Waals surface area contributed by atoms with Crippen LogP contribution >= 0.6 is 0 Å². The number of benzene rings is 2. The molecule has 2 aromatic rings. The van der Waals surface area contributed by atoms with Gasteiger partial charge < -0.3 is 15.7 Å². The van der Waals surface area contributed by atoms with Gasteiger partial charge in [0.2, 0.25) is 10.0 Å². The first-order valence-corrected chi connectivity index (χ1v) is 10.5. The number of carbonyl (C=O) groups excluding carboxylic acids is 1. The molecule has 30 heavy (non-hydrogen) atoms. The minimum Gasteiger partial charge on any atom is -0.395 e. The fourth-order valence-electron chi connectivity index (χ4n) is 3.19. The van der Waals surface area contributed by atoms with Gasteiger partial charge >= 0.3 is 12.2 Å². The highest BCUT2D eigenvalue weighted by molar-refractivity contribution is 7.89. The van der Waals surface area contributed by atoms with Gasteiger partial charge in [-0.2, -0.15) is 17.5 Å². The van der Waals surface area contributed by atoms with E-state index < -0.39 is 33.8 Å². The van der Waals surface area contributed by atoms with Gasteiger partial charge in [0.1, 0.15) is 0 Å². The number of urea groups is 1. The van der Waals surface area contributed by atoms with Crippen molar-refractivity contribution in [2.45, 2.75) is 30.0 Å². The molecule has 1 aliphatic rings. The summed E-state index contributed by atoms with van der Waals surface area (Å²) >= 11 is 0. The lowest BCUT2D eigenvalue weighted by molar-refractivity contribution is -0.137. The molecule has 2 amide bonds. The molecule has 0 aliphatic carbocycles. The van der Waals surface area contributed by atoms with Gasteiger partial charge in [-0.3, -0.25) is 0 Å². The molecular weight excluding hydrogens is 423 g/mol. The summed E-state index contributed by atoms with van der Waals surface area (Å²) in [4.78, 5) is 12.1. The third kappa shape index (κ3) is 4.91. The van der Waals surface area contributed by atoms with Crippen LogP contribution in [0.4, 0.5) is 29.3 Å². The number of hydrogen-bond donors (Lipinski definition) is 3. The van der Waals surface area contributed by atoms with Gasteiger partial charge in [0.05, 0.1) is 17.1 Å². The zero-order chi connectivity index (χ0) is 21.9. The molecule has 1 fully saturated rings. The first-order chi connectivity index (χ1) is 14.1. The number of aliphatic hydroxyl groups is 1. The maximum absolute atomic E-state index is 12.7. The number of halogens is 3. The summed E-state index contributed by atoms with van der Waals surface area (Å²) in [5.74, 6) is 0. The van der Waals surface area contributed by atoms with E-state index in [0.717, 1.165) is 24.3 Å². The highest BCUT2D eigenvalue weighted by Gasteiger charge is 2.34. The van der Waals surface area contributed by atoms with Gasteiger partial charge in [-0.05, 0) is 61.4 Å². The molecular formula is C19H20F3N3O4S. The van der Waals surface area contributed by atoms with Crippen molar-refractivity contribution in [1.29, 1.82) is 0 Å². The summed E-state index contributed by atoms with van der Waals surface area (Å²) < 4.78 is 64.4. The molecule has 3 rings (SSSR count). The lowest BCUT2D eigenvalue weighted by atomic mass is 10.2. The fraction of sp³-hybridized carbons (Fsp3) is 0.316. The van der Waals surface area contributed by atoms with E-state index in [1.807, 2.05) is 0 Å². The Morgan fingerprint density at radius 3 is 2.07 bits per heavy atom. The smallest absolute Gasteiger partial charge is 0.395 e. The van der Waals surface area contributed by atoms with Crippen molar-refractivity contribution in [2.75, 3.05) is 23.8 Å². The summed E-state index contributed by atoms with van der Waals surface area (Å²) in [5.41, 5.74) is -0.353. The Bertz CT molecular complexity index is 993. The van der Waals surface area contributed by atoms with E-state index in [-0.39, 0.29) is 17.2 Å². The van der Waals surface area contributed by atoms with Crippen LogP contribution in [0.1, 0.15) is 18.4 Å². The van der Waals surface area contributed by atoms with Crippen molar-refractivity contribution in [1.82, 2.24) is 4.31 Å². The van der Waals surface area contributed by atoms with Crippen LogP contribution in [0.15, 0.2) is 53.4 Å². The molecule has 1 atom stereocenters. The number of alkyl halides is 3. The van der Waals surface area contributed by atoms with Crippen molar-refractivity contribution < 1.29 is 31.5 Å². The van der Waals surface area contributed by atoms with E-state index >= 15 is 0 Å². The lowest BCUT2D eigenvalue weighted by Crippen LogP contribution is -2.37. The summed E-state index contributed by atoms with van der Waals surface area (Å²) in [5, 5.41) is 14.2. The quantitative estimate of drug-likeness (QED) is 0.659. The van der Waals surface area contributed by atoms with Gasteiger partial charge in [-0.15, -0.1) is 0 Å². The highest BCUT2D eigenvalue weighted by Crippen LogP contribution is 2.30. The molecule has 3 N–H and O–H groups in total. The van der Waals surface area contributed by atoms with Crippen LogP contribution in [0, 0.1) is 0 Å². The van der Waals surface area contributed by atoms with Gasteiger partial charge in [-0.1, -0.05) is 0 Å². The Morgan fingerprint density at radius 2 is 1.57 bits per heavy atom. The number of hydrogen-bond acceptors (Lipinski definition) is 4. The molecule has 0 spiro atoms. The highest BCUT2D eigenvalue weighted by atomic mass is 32.2. The minimum atomic E-state index is -4.46. The largest absolute Gasteiger partial charge is 0.416 e. The Hall–Kier alpha value is -2.63. The standard InChI is InChI=1S/C19H20F3N3O4S/c20-19(21,22)13-3-5-14(6-4-13)23-18(27)24-15-7-9-17(10-8-15)30(28,29)25-11-1-2-16(25)12-26/h3-10,16,26H,1-2,11-12H2,(H2,23,24,27)/t16-/m0/s1. The maximum atomic E-state index is 12.7. The van der Waals surface area contributed by atoms with E-state index in [4.69, 9.17) is 0 Å². The van der Waals surface area contributed by atoms with Crippen molar-refractivity contribution in [3.8, 4) is 0 Å². The fourth-order valence-corrected chi connectivity index (χ4v) is 4.87. The van der Waals surface area contributed by atoms with E-state index in [0.29, 0.717) is 25.1 Å². The predicted octanol–water partition coefficient (Wildman–Crippen LogP) is 3.49. The molecule has 1 heterocycles. The molecule has 7 nitrogen and oxygen atoms in total. The number of nitrogens with one attached hydrogen (secondary N) is 2. The third-order valence-corrected chi connectivity index (χ3v) is 6.69. The third-order valence-electron chi connectivity index (χ3n) is 4.72. The average Bonchev–Trinajstić information content (AvgIpc) is 3.18. The lowest BCUT2D eigenvalue weighted by Gasteiger charge is -2.22. The molecule has 0 radical (unpaired) electrons. The van der Waals surface area contributed by atoms with Crippen molar-refractivity contribution in [3.05, 3.63) is 54.1 Å². The van der Waals surface area contributed by atoms with E-state index in [2.05, 4.69) is 10.6 Å². The molecule has 162 valence electrons. The number of aliphatic hydroxyl groups excluding tert-OH is 1. The Morgan fingerprint density at radius 1 is 1.03 bits per heavy atom. The topological polar surface area (TPSA) is 98.7 Å². The number of rotatable bonds is 5. The second kappa shape index (κ2) is 8.62. The van der Waals surface area contributed by atoms with Crippen molar-refractivity contribution in [2.24, 2.45) is 0 Å². The second-order valence-corrected chi connectivity index (χ2v) is 8.66. The zero-order valence-corrected chi connectivity index (χ0v) is 16.5. The second-order valence-electron chi connectivity index (χ2n) is 6.77. The van der Waals surface area contributed by atoms with E-state index in [9.17, 15) is 31.5 Å². The maximum Gasteiger partial charge on any atom is 0.416 e. The van der Waals surface area contributed by atoms with Gasteiger partial charge in [0, 0.05) is 24.0 Å². The van der Waals surface area contributed by atoms with E-state index in [1.165, 1.54) is 28.6 Å². The zero-order valence-electron chi connectivity index (χ0n) is 15.7. The molecule has 11 heteroatoms. The van der Waals surface area contributed by atoms with Crippen LogP contribution < -0.4 is 10.6 Å². The summed E-state index contributed by atoms with van der Waals surface area (Å²) in [6.07, 6.45) is -3.19. The Balaban J connectivity index is 1.63. The Labute approximate surface area is 171 Å². The van der Waals surface area contributed by atoms with Crippen LogP contribution in [0.2, 0.25) is 0 Å². The van der Waals surface area contributed by atoms with Gasteiger partial charge in [0.25, 0.3) is 0 Å². The van der Waals surface area contributed by atoms with Crippen LogP contribution in [-0.2, 0) is 16.2 Å². The van der Waals surface area contributed by atoms with Crippen LogP contribution in [0.3, 0.4) is 0 Å². The normalized spacial score (nSPS) is 17.7. The summed E-state index contributed by atoms with van der Waals surface area (Å²) in [6, 6.07) is 8.34. The molecule has 0 bridgehead atoms. The summed E-state index contributed by atoms with van der Waals surface area (Å²) in [6.45, 7) is 0.0894. The molecule has 0 unspecified atom stereocenters. The SMILES string of the molecule is O=C(Nc1ccc(C(F)(F)F)cc1)Nc1ccc(S(=O)(=O)N2CCC[C@H]2CO)cc1. The molecule has 0 aromatic heterocycles. The van der Waals surface area contributed by atoms with Crippen molar-refractivity contribution >= 4 is 27.4 Å². The van der Waals surface area contributed by atoms with Crippen molar-refractivity contribution in [3.63, 3.8) is 0 Å². The molecule has 1 saturated heterocycles. The molecule has 1 aliphatic heterocycles. The molecule has 2 aromatic carbocycles. The first kappa shape index (κ1) is 22.1. The Kier molecular flexibility index (Phi) is 6.34. The van der Waals surface area contributed by atoms with Crippen LogP contribution in [0.5, 0.6) is 0 Å². The number of nitrogens with zero attached hydrogens (tertiary/aromatic N) is 1. The molecule has 0 saturated carbocycles. The number of sulfonamides is 1. The number of amides is 2. The van der Waals surface area contributed by atoms with Crippen LogP contribution in [-0.4, -0.2) is 43.1 Å². The van der Waals surface area contributed by atoms with E-state index in [1.54, 1.807) is 0 Å². The minimum absolute atomic E-state index is 0.0385. The van der Waals surface area contributed by atoms with Crippen LogP contribution in [0.25, 0.3) is 0 Å². The van der Waals surface area contributed by atoms with Gasteiger partial charge in [-0.25, -0.2) is 13.2 Å². The number of anilines is 2. The average molecular weight is 443 g/mol. The monoisotopic (exact) mass is 443 g/mol. The van der Waals surface area contributed by atoms with Gasteiger partial charge in [0.15, 0.2) is 0 Å². The summed E-state index contributed by atoms with van der Waals surface area (Å²) in [7, 11) is -3.76.